The molecule has 6 heteroatoms. The normalized spacial score (nSPS) is 17.9. The van der Waals surface area contributed by atoms with Crippen molar-refractivity contribution < 1.29 is 4.74 Å². The van der Waals surface area contributed by atoms with Crippen LogP contribution in [0.5, 0.6) is 11.5 Å². The zero-order valence-corrected chi connectivity index (χ0v) is 18.8. The van der Waals surface area contributed by atoms with E-state index in [9.17, 15) is 0 Å². The molecule has 32 heavy (non-hydrogen) atoms. The number of benzene rings is 2. The number of aromatic nitrogens is 2. The van der Waals surface area contributed by atoms with Gasteiger partial charge in [0.25, 0.3) is 0 Å². The number of anilines is 1. The second-order valence-electron chi connectivity index (χ2n) is 7.86. The number of pyridine rings is 1. The molecule has 0 amide bonds. The van der Waals surface area contributed by atoms with Gasteiger partial charge in [-0.25, -0.2) is 0 Å². The first-order chi connectivity index (χ1) is 15.6. The molecule has 1 aliphatic heterocycles. The van der Waals surface area contributed by atoms with Crippen LogP contribution >= 0.6 is 12.2 Å². The van der Waals surface area contributed by atoms with Crippen LogP contribution in [-0.2, 0) is 7.05 Å². The van der Waals surface area contributed by atoms with Gasteiger partial charge in [-0.2, -0.15) is 0 Å². The van der Waals surface area contributed by atoms with Crippen LogP contribution in [-0.4, -0.2) is 14.7 Å². The van der Waals surface area contributed by atoms with Crippen LogP contribution in [0.1, 0.15) is 29.2 Å². The van der Waals surface area contributed by atoms with Gasteiger partial charge in [0.15, 0.2) is 5.11 Å². The zero-order chi connectivity index (χ0) is 22.1. The van der Waals surface area contributed by atoms with E-state index in [1.54, 1.807) is 0 Å². The Labute approximate surface area is 193 Å². The van der Waals surface area contributed by atoms with E-state index in [1.165, 1.54) is 11.4 Å². The SMILES string of the molecule is Cc1ccc([C@H]2[C@@H](c3ccccn3)NC(=S)N2c2ccc(Oc3ccccc3)cc2)n1C. The Balaban J connectivity index is 1.51. The number of aryl methyl sites for hydroxylation is 1. The van der Waals surface area contributed by atoms with Crippen molar-refractivity contribution >= 4 is 23.0 Å². The van der Waals surface area contributed by atoms with E-state index in [0.717, 1.165) is 22.9 Å². The topological polar surface area (TPSA) is 42.3 Å². The molecule has 1 saturated heterocycles. The molecule has 5 nitrogen and oxygen atoms in total. The van der Waals surface area contributed by atoms with Crippen LogP contribution < -0.4 is 15.0 Å². The Morgan fingerprint density at radius 1 is 0.875 bits per heavy atom. The first kappa shape index (κ1) is 20.3. The number of hydrogen-bond donors (Lipinski definition) is 1. The van der Waals surface area contributed by atoms with Crippen LogP contribution in [0, 0.1) is 6.92 Å². The monoisotopic (exact) mass is 440 g/mol. The summed E-state index contributed by atoms with van der Waals surface area (Å²) in [6, 6.07) is 28.1. The lowest BCUT2D eigenvalue weighted by Crippen LogP contribution is -2.30. The summed E-state index contributed by atoms with van der Waals surface area (Å²) in [4.78, 5) is 6.79. The summed E-state index contributed by atoms with van der Waals surface area (Å²) in [5.74, 6) is 1.59. The predicted molar refractivity (Wildman–Crippen MR) is 131 cm³/mol. The molecule has 5 rings (SSSR count). The van der Waals surface area contributed by atoms with Crippen molar-refractivity contribution in [1.29, 1.82) is 0 Å². The van der Waals surface area contributed by atoms with E-state index in [-0.39, 0.29) is 12.1 Å². The van der Waals surface area contributed by atoms with Gasteiger partial charge < -0.3 is 19.5 Å². The Morgan fingerprint density at radius 3 is 2.25 bits per heavy atom. The molecule has 1 N–H and O–H groups in total. The van der Waals surface area contributed by atoms with E-state index in [0.29, 0.717) is 5.11 Å². The number of hydrogen-bond acceptors (Lipinski definition) is 3. The summed E-state index contributed by atoms with van der Waals surface area (Å²) in [7, 11) is 2.09. The van der Waals surface area contributed by atoms with Crippen molar-refractivity contribution in [2.45, 2.75) is 19.0 Å². The van der Waals surface area contributed by atoms with Gasteiger partial charge in [0.2, 0.25) is 0 Å². The summed E-state index contributed by atoms with van der Waals surface area (Å²) in [6.45, 7) is 2.11. The molecule has 4 aromatic rings. The van der Waals surface area contributed by atoms with E-state index < -0.39 is 0 Å². The molecule has 1 aliphatic rings. The highest BCUT2D eigenvalue weighted by molar-refractivity contribution is 7.80. The minimum Gasteiger partial charge on any atom is -0.457 e. The predicted octanol–water partition coefficient (Wildman–Crippen LogP) is 5.70. The van der Waals surface area contributed by atoms with Crippen LogP contribution in [0.15, 0.2) is 91.1 Å². The summed E-state index contributed by atoms with van der Waals surface area (Å²) >= 11 is 5.81. The number of rotatable bonds is 5. The van der Waals surface area contributed by atoms with Gasteiger partial charge in [0.1, 0.15) is 17.5 Å². The van der Waals surface area contributed by atoms with Crippen LogP contribution in [0.3, 0.4) is 0 Å². The van der Waals surface area contributed by atoms with Crippen LogP contribution in [0.2, 0.25) is 0 Å². The average Bonchev–Trinajstić information content (AvgIpc) is 3.34. The quantitative estimate of drug-likeness (QED) is 0.403. The van der Waals surface area contributed by atoms with E-state index >= 15 is 0 Å². The molecule has 2 atom stereocenters. The summed E-state index contributed by atoms with van der Waals surface area (Å²) in [5.41, 5.74) is 4.34. The zero-order valence-electron chi connectivity index (χ0n) is 18.0. The highest BCUT2D eigenvalue weighted by Crippen LogP contribution is 2.42. The first-order valence-corrected chi connectivity index (χ1v) is 11.0. The second-order valence-corrected chi connectivity index (χ2v) is 8.25. The minimum absolute atomic E-state index is 0.0306. The molecule has 0 unspecified atom stereocenters. The molecule has 160 valence electrons. The third-order valence-electron chi connectivity index (χ3n) is 5.91. The average molecular weight is 441 g/mol. The first-order valence-electron chi connectivity index (χ1n) is 10.6. The van der Waals surface area contributed by atoms with E-state index in [1.807, 2.05) is 66.9 Å². The standard InChI is InChI=1S/C26H24N4OS/c1-18-11-16-23(29(18)2)25-24(22-10-6-7-17-27-22)28-26(32)30(25)19-12-14-21(15-13-19)31-20-8-4-3-5-9-20/h3-17,24-25H,1-2H3,(H,28,32)/t24-,25+/m1/s1. The van der Waals surface area contributed by atoms with Crippen molar-refractivity contribution in [1.82, 2.24) is 14.9 Å². The number of nitrogens with one attached hydrogen (secondary N) is 1. The van der Waals surface area contributed by atoms with Gasteiger partial charge in [0.05, 0.1) is 11.7 Å². The summed E-state index contributed by atoms with van der Waals surface area (Å²) < 4.78 is 8.18. The third-order valence-corrected chi connectivity index (χ3v) is 6.22. The van der Waals surface area contributed by atoms with Gasteiger partial charge in [0, 0.05) is 30.3 Å². The fraction of sp³-hybridized carbons (Fsp3) is 0.154. The molecule has 3 heterocycles. The largest absolute Gasteiger partial charge is 0.457 e. The minimum atomic E-state index is -0.0584. The van der Waals surface area contributed by atoms with Crippen molar-refractivity contribution in [2.24, 2.45) is 7.05 Å². The molecule has 0 saturated carbocycles. The second kappa shape index (κ2) is 8.48. The van der Waals surface area contributed by atoms with Gasteiger partial charge >= 0.3 is 0 Å². The number of ether oxygens (including phenoxy) is 1. The maximum atomic E-state index is 5.97. The fourth-order valence-corrected chi connectivity index (χ4v) is 4.51. The van der Waals surface area contributed by atoms with Crippen LogP contribution in [0.4, 0.5) is 5.69 Å². The molecular formula is C26H24N4OS. The highest BCUT2D eigenvalue weighted by atomic mass is 32.1. The Morgan fingerprint density at radius 2 is 1.59 bits per heavy atom. The van der Waals surface area contributed by atoms with Crippen LogP contribution in [0.25, 0.3) is 0 Å². The fourth-order valence-electron chi connectivity index (χ4n) is 4.16. The highest BCUT2D eigenvalue weighted by Gasteiger charge is 2.41. The number of para-hydroxylation sites is 1. The molecular weight excluding hydrogens is 416 g/mol. The van der Waals surface area contributed by atoms with Crippen molar-refractivity contribution in [3.63, 3.8) is 0 Å². The van der Waals surface area contributed by atoms with Crippen molar-refractivity contribution in [2.75, 3.05) is 4.90 Å². The van der Waals surface area contributed by atoms with Crippen molar-refractivity contribution in [3.05, 3.63) is 108 Å². The lowest BCUT2D eigenvalue weighted by Gasteiger charge is -2.28. The molecule has 0 aliphatic carbocycles. The molecule has 2 aromatic heterocycles. The smallest absolute Gasteiger partial charge is 0.174 e. The molecule has 0 bridgehead atoms. The van der Waals surface area contributed by atoms with Crippen molar-refractivity contribution in [3.8, 4) is 11.5 Å². The lowest BCUT2D eigenvalue weighted by atomic mass is 10.0. The Bertz CT molecular complexity index is 1220. The maximum Gasteiger partial charge on any atom is 0.174 e. The van der Waals surface area contributed by atoms with Gasteiger partial charge in [-0.05, 0) is 79.8 Å². The molecule has 1 fully saturated rings. The third kappa shape index (κ3) is 3.74. The lowest BCUT2D eigenvalue weighted by molar-refractivity contribution is 0.482. The number of thiocarbonyl (C=S) groups is 1. The van der Waals surface area contributed by atoms with Gasteiger partial charge in [-0.1, -0.05) is 24.3 Å². The molecule has 0 radical (unpaired) electrons. The van der Waals surface area contributed by atoms with Gasteiger partial charge in [-0.15, -0.1) is 0 Å². The summed E-state index contributed by atoms with van der Waals surface area (Å²) in [5, 5.41) is 4.19. The molecule has 2 aromatic carbocycles. The Kier molecular flexibility index (Phi) is 5.37. The summed E-state index contributed by atoms with van der Waals surface area (Å²) in [6.07, 6.45) is 1.83. The number of nitrogens with zero attached hydrogens (tertiary/aromatic N) is 3. The Hall–Kier alpha value is -3.64. The van der Waals surface area contributed by atoms with E-state index in [2.05, 4.69) is 58.0 Å². The maximum absolute atomic E-state index is 5.97. The molecule has 0 spiro atoms. The van der Waals surface area contributed by atoms with Gasteiger partial charge in [-0.3, -0.25) is 4.98 Å². The van der Waals surface area contributed by atoms with E-state index in [4.69, 9.17) is 17.0 Å².